The number of rotatable bonds is 3. The van der Waals surface area contributed by atoms with Crippen LogP contribution >= 0.6 is 15.9 Å². The first-order valence-electron chi connectivity index (χ1n) is 4.54. The van der Waals surface area contributed by atoms with Crippen LogP contribution in [0.5, 0.6) is 5.75 Å². The molecule has 2 N–H and O–H groups in total. The summed E-state index contributed by atoms with van der Waals surface area (Å²) in [7, 11) is 1.66. The van der Waals surface area contributed by atoms with Gasteiger partial charge in [-0.25, -0.2) is 0 Å². The number of methoxy groups -OCH3 is 1. The van der Waals surface area contributed by atoms with Crippen LogP contribution in [0.3, 0.4) is 0 Å². The van der Waals surface area contributed by atoms with Crippen molar-refractivity contribution in [1.29, 1.82) is 0 Å². The predicted molar refractivity (Wildman–Crippen MR) is 62.7 cm³/mol. The lowest BCUT2D eigenvalue weighted by Crippen LogP contribution is -2.34. The second-order valence-corrected chi connectivity index (χ2v) is 4.89. The van der Waals surface area contributed by atoms with Crippen molar-refractivity contribution in [3.8, 4) is 5.75 Å². The molecule has 0 fully saturated rings. The first-order chi connectivity index (χ1) is 6.44. The van der Waals surface area contributed by atoms with Crippen LogP contribution in [0.25, 0.3) is 0 Å². The summed E-state index contributed by atoms with van der Waals surface area (Å²) in [6.07, 6.45) is 0.824. The molecule has 78 valence electrons. The van der Waals surface area contributed by atoms with Gasteiger partial charge in [0.2, 0.25) is 0 Å². The fourth-order valence-corrected chi connectivity index (χ4v) is 1.91. The van der Waals surface area contributed by atoms with Crippen LogP contribution in [-0.2, 0) is 6.42 Å². The number of hydrogen-bond acceptors (Lipinski definition) is 2. The molecule has 0 aliphatic carbocycles. The van der Waals surface area contributed by atoms with Gasteiger partial charge < -0.3 is 10.5 Å². The number of ether oxygens (including phenoxy) is 1. The van der Waals surface area contributed by atoms with Crippen molar-refractivity contribution in [1.82, 2.24) is 0 Å². The van der Waals surface area contributed by atoms with Gasteiger partial charge in [-0.2, -0.15) is 0 Å². The maximum atomic E-state index is 5.97. The van der Waals surface area contributed by atoms with E-state index >= 15 is 0 Å². The monoisotopic (exact) mass is 257 g/mol. The van der Waals surface area contributed by atoms with E-state index in [1.54, 1.807) is 7.11 Å². The quantitative estimate of drug-likeness (QED) is 0.904. The highest BCUT2D eigenvalue weighted by Gasteiger charge is 2.15. The molecule has 1 aromatic carbocycles. The molecule has 2 nitrogen and oxygen atoms in total. The fraction of sp³-hybridized carbons (Fsp3) is 0.455. The third-order valence-corrected chi connectivity index (χ3v) is 2.81. The molecule has 0 radical (unpaired) electrons. The minimum atomic E-state index is -0.200. The molecule has 0 atom stereocenters. The van der Waals surface area contributed by atoms with Crippen molar-refractivity contribution in [3.63, 3.8) is 0 Å². The Morgan fingerprint density at radius 3 is 2.57 bits per heavy atom. The van der Waals surface area contributed by atoms with Gasteiger partial charge in [-0.3, -0.25) is 0 Å². The van der Waals surface area contributed by atoms with E-state index in [9.17, 15) is 0 Å². The lowest BCUT2D eigenvalue weighted by molar-refractivity contribution is 0.410. The van der Waals surface area contributed by atoms with Gasteiger partial charge in [-0.15, -0.1) is 0 Å². The average Bonchev–Trinajstić information content (AvgIpc) is 2.06. The van der Waals surface area contributed by atoms with Crippen molar-refractivity contribution >= 4 is 15.9 Å². The summed E-state index contributed by atoms with van der Waals surface area (Å²) < 4.78 is 6.21. The SMILES string of the molecule is COc1cccc(CC(C)(C)N)c1Br. The molecule has 0 unspecified atom stereocenters. The Bertz CT molecular complexity index is 318. The maximum Gasteiger partial charge on any atom is 0.133 e. The predicted octanol–water partition coefficient (Wildman–Crippen LogP) is 2.74. The zero-order chi connectivity index (χ0) is 10.8. The summed E-state index contributed by atoms with van der Waals surface area (Å²) in [4.78, 5) is 0. The summed E-state index contributed by atoms with van der Waals surface area (Å²) >= 11 is 3.51. The van der Waals surface area contributed by atoms with Gasteiger partial charge in [0.1, 0.15) is 5.75 Å². The number of nitrogens with two attached hydrogens (primary N) is 1. The van der Waals surface area contributed by atoms with Gasteiger partial charge in [0.15, 0.2) is 0 Å². The Morgan fingerprint density at radius 1 is 1.43 bits per heavy atom. The van der Waals surface area contributed by atoms with Crippen LogP contribution < -0.4 is 10.5 Å². The van der Waals surface area contributed by atoms with Crippen LogP contribution in [0.1, 0.15) is 19.4 Å². The average molecular weight is 258 g/mol. The Morgan fingerprint density at radius 2 is 2.07 bits per heavy atom. The Balaban J connectivity index is 2.98. The van der Waals surface area contributed by atoms with Crippen molar-refractivity contribution in [2.45, 2.75) is 25.8 Å². The fourth-order valence-electron chi connectivity index (χ4n) is 1.34. The van der Waals surface area contributed by atoms with E-state index in [1.165, 1.54) is 5.56 Å². The lowest BCUT2D eigenvalue weighted by Gasteiger charge is -2.19. The molecule has 0 spiro atoms. The summed E-state index contributed by atoms with van der Waals surface area (Å²) in [5.41, 5.74) is 6.94. The van der Waals surface area contributed by atoms with E-state index < -0.39 is 0 Å². The smallest absolute Gasteiger partial charge is 0.133 e. The van der Waals surface area contributed by atoms with Gasteiger partial charge in [-0.05, 0) is 47.8 Å². The highest BCUT2D eigenvalue weighted by atomic mass is 79.9. The van der Waals surface area contributed by atoms with Crippen LogP contribution in [0.4, 0.5) is 0 Å². The molecule has 0 saturated carbocycles. The van der Waals surface area contributed by atoms with E-state index in [1.807, 2.05) is 26.0 Å². The Labute approximate surface area is 93.6 Å². The molecule has 3 heteroatoms. The Hall–Kier alpha value is -0.540. The molecular formula is C11H16BrNO. The Kier molecular flexibility index (Phi) is 3.56. The largest absolute Gasteiger partial charge is 0.496 e. The summed E-state index contributed by atoms with van der Waals surface area (Å²) in [6.45, 7) is 4.03. The topological polar surface area (TPSA) is 35.2 Å². The summed E-state index contributed by atoms with van der Waals surface area (Å²) in [5.74, 6) is 0.853. The maximum absolute atomic E-state index is 5.97. The van der Waals surface area contributed by atoms with E-state index in [4.69, 9.17) is 10.5 Å². The molecule has 0 aliphatic heterocycles. The third-order valence-electron chi connectivity index (χ3n) is 1.91. The van der Waals surface area contributed by atoms with Crippen LogP contribution in [0.2, 0.25) is 0 Å². The zero-order valence-corrected chi connectivity index (χ0v) is 10.4. The van der Waals surface area contributed by atoms with Gasteiger partial charge in [-0.1, -0.05) is 12.1 Å². The second kappa shape index (κ2) is 4.32. The normalized spacial score (nSPS) is 11.5. The van der Waals surface area contributed by atoms with E-state index in [0.717, 1.165) is 16.6 Å². The molecule has 0 aromatic heterocycles. The number of benzene rings is 1. The minimum absolute atomic E-state index is 0.200. The molecule has 0 saturated heterocycles. The van der Waals surface area contributed by atoms with Crippen LogP contribution in [0, 0.1) is 0 Å². The third kappa shape index (κ3) is 3.00. The first-order valence-corrected chi connectivity index (χ1v) is 5.33. The molecular weight excluding hydrogens is 242 g/mol. The van der Waals surface area contributed by atoms with Gasteiger partial charge in [0, 0.05) is 5.54 Å². The number of hydrogen-bond donors (Lipinski definition) is 1. The second-order valence-electron chi connectivity index (χ2n) is 4.10. The highest BCUT2D eigenvalue weighted by Crippen LogP contribution is 2.29. The molecule has 1 rings (SSSR count). The standard InChI is InChI=1S/C11H16BrNO/c1-11(2,13)7-8-5-4-6-9(14-3)10(8)12/h4-6H,7,13H2,1-3H3. The minimum Gasteiger partial charge on any atom is -0.496 e. The summed E-state index contributed by atoms with van der Waals surface area (Å²) in [6, 6.07) is 5.96. The van der Waals surface area contributed by atoms with E-state index in [2.05, 4.69) is 22.0 Å². The van der Waals surface area contributed by atoms with Crippen LogP contribution in [-0.4, -0.2) is 12.6 Å². The zero-order valence-electron chi connectivity index (χ0n) is 8.80. The molecule has 14 heavy (non-hydrogen) atoms. The van der Waals surface area contributed by atoms with Gasteiger partial charge >= 0.3 is 0 Å². The van der Waals surface area contributed by atoms with E-state index in [-0.39, 0.29) is 5.54 Å². The highest BCUT2D eigenvalue weighted by molar-refractivity contribution is 9.10. The summed E-state index contributed by atoms with van der Waals surface area (Å²) in [5, 5.41) is 0. The molecule has 0 bridgehead atoms. The van der Waals surface area contributed by atoms with Crippen molar-refractivity contribution in [2.24, 2.45) is 5.73 Å². The molecule has 0 heterocycles. The van der Waals surface area contributed by atoms with E-state index in [0.29, 0.717) is 0 Å². The lowest BCUT2D eigenvalue weighted by atomic mass is 9.96. The number of halogens is 1. The van der Waals surface area contributed by atoms with Gasteiger partial charge in [0.25, 0.3) is 0 Å². The molecule has 1 aromatic rings. The molecule has 0 aliphatic rings. The molecule has 0 amide bonds. The van der Waals surface area contributed by atoms with Gasteiger partial charge in [0.05, 0.1) is 11.6 Å². The first kappa shape index (κ1) is 11.5. The van der Waals surface area contributed by atoms with Crippen molar-refractivity contribution in [2.75, 3.05) is 7.11 Å². The van der Waals surface area contributed by atoms with Crippen molar-refractivity contribution in [3.05, 3.63) is 28.2 Å². The van der Waals surface area contributed by atoms with Crippen LogP contribution in [0.15, 0.2) is 22.7 Å². The van der Waals surface area contributed by atoms with Crippen molar-refractivity contribution < 1.29 is 4.74 Å².